The normalized spacial score (nSPS) is 10.8. The minimum Gasteiger partial charge on any atom is -0.464 e. The maximum absolute atomic E-state index is 13.0. The minimum absolute atomic E-state index is 0.0266. The Morgan fingerprint density at radius 3 is 2.72 bits per heavy atom. The first-order chi connectivity index (χ1) is 15.6. The first-order valence-electron chi connectivity index (χ1n) is 9.27. The fourth-order valence-electron chi connectivity index (χ4n) is 3.29. The standard InChI is InChI=1S/C21H13N7O3S/c22-9-12-15(13-7-4-8-30-13)16-17(23)18(32-21(16)26-19(12)24)20(29)25-14-10-28(27-31-14)11-5-2-1-3-6-11/h1-8,10H,(H4-,23,24,25,26,27,29)/p+1. The van der Waals surface area contributed by atoms with E-state index in [9.17, 15) is 10.1 Å². The van der Waals surface area contributed by atoms with E-state index in [-0.39, 0.29) is 27.8 Å². The number of pyridine rings is 1. The van der Waals surface area contributed by atoms with Crippen LogP contribution in [0.1, 0.15) is 15.2 Å². The van der Waals surface area contributed by atoms with Gasteiger partial charge in [-0.3, -0.25) is 14.6 Å². The van der Waals surface area contributed by atoms with Gasteiger partial charge in [0, 0.05) is 17.5 Å². The number of nitrogen functional groups attached to an aromatic ring is 2. The lowest BCUT2D eigenvalue weighted by Gasteiger charge is -2.06. The summed E-state index contributed by atoms with van der Waals surface area (Å²) in [5.41, 5.74) is 13.8. The zero-order valence-electron chi connectivity index (χ0n) is 16.3. The molecule has 0 aliphatic rings. The summed E-state index contributed by atoms with van der Waals surface area (Å²) in [4.78, 5) is 17.8. The Hall–Kier alpha value is -4.69. The topological polar surface area (TPSA) is 161 Å². The van der Waals surface area contributed by atoms with Crippen LogP contribution in [0.25, 0.3) is 27.2 Å². The number of benzene rings is 1. The van der Waals surface area contributed by atoms with E-state index in [0.29, 0.717) is 21.5 Å². The molecule has 0 unspecified atom stereocenters. The van der Waals surface area contributed by atoms with Crippen molar-refractivity contribution in [2.45, 2.75) is 0 Å². The summed E-state index contributed by atoms with van der Waals surface area (Å²) in [7, 11) is 0. The molecule has 0 bridgehead atoms. The molecule has 0 fully saturated rings. The molecule has 32 heavy (non-hydrogen) atoms. The SMILES string of the molecule is N#Cc1c(N)nc2sc(C(=O)Nc3c[n+](-c4ccccc4)no3)c(N)c2c1-c1ccco1. The van der Waals surface area contributed by atoms with Gasteiger partial charge in [0.1, 0.15) is 32.9 Å². The number of nitriles is 1. The molecule has 10 nitrogen and oxygen atoms in total. The van der Waals surface area contributed by atoms with Gasteiger partial charge < -0.3 is 15.9 Å². The molecule has 0 saturated heterocycles. The third kappa shape index (κ3) is 3.11. The van der Waals surface area contributed by atoms with Crippen molar-refractivity contribution < 1.29 is 18.4 Å². The number of hydrogen-bond donors (Lipinski definition) is 3. The number of para-hydroxylation sites is 1. The van der Waals surface area contributed by atoms with E-state index < -0.39 is 5.91 Å². The van der Waals surface area contributed by atoms with Gasteiger partial charge in [-0.1, -0.05) is 18.2 Å². The van der Waals surface area contributed by atoms with Crippen LogP contribution in [-0.2, 0) is 0 Å². The van der Waals surface area contributed by atoms with Gasteiger partial charge in [-0.15, -0.1) is 11.3 Å². The number of thiophene rings is 1. The Labute approximate surface area is 184 Å². The third-order valence-corrected chi connectivity index (χ3v) is 5.81. The van der Waals surface area contributed by atoms with E-state index in [2.05, 4.69) is 15.6 Å². The molecule has 1 aromatic carbocycles. The van der Waals surface area contributed by atoms with E-state index in [4.69, 9.17) is 20.4 Å². The molecule has 0 saturated carbocycles. The number of carbonyl (C=O) groups is 1. The van der Waals surface area contributed by atoms with Crippen LogP contribution in [0.15, 0.2) is 63.9 Å². The number of aromatic nitrogens is 3. The number of nitrogens with one attached hydrogen (secondary N) is 1. The van der Waals surface area contributed by atoms with Gasteiger partial charge in [0.2, 0.25) is 11.0 Å². The van der Waals surface area contributed by atoms with Gasteiger partial charge in [0.05, 0.1) is 17.5 Å². The Morgan fingerprint density at radius 1 is 1.19 bits per heavy atom. The summed E-state index contributed by atoms with van der Waals surface area (Å²) in [5.74, 6) is 0.0477. The third-order valence-electron chi connectivity index (χ3n) is 4.71. The quantitative estimate of drug-likeness (QED) is 0.356. The molecule has 0 aliphatic heterocycles. The van der Waals surface area contributed by atoms with E-state index >= 15 is 0 Å². The van der Waals surface area contributed by atoms with Crippen molar-refractivity contribution in [1.29, 1.82) is 5.26 Å². The van der Waals surface area contributed by atoms with E-state index in [1.807, 2.05) is 36.4 Å². The number of rotatable bonds is 4. The summed E-state index contributed by atoms with van der Waals surface area (Å²) in [5, 5.41) is 16.6. The molecule has 0 radical (unpaired) electrons. The second-order valence-corrected chi connectivity index (χ2v) is 7.66. The lowest BCUT2D eigenvalue weighted by Crippen LogP contribution is -2.31. The number of carbonyl (C=O) groups excluding carboxylic acids is 1. The molecule has 156 valence electrons. The lowest BCUT2D eigenvalue weighted by molar-refractivity contribution is -0.670. The molecule has 5 rings (SSSR count). The van der Waals surface area contributed by atoms with E-state index in [1.165, 1.54) is 17.1 Å². The van der Waals surface area contributed by atoms with Crippen molar-refractivity contribution >= 4 is 44.9 Å². The molecule has 4 heterocycles. The number of furan rings is 1. The lowest BCUT2D eigenvalue weighted by atomic mass is 10.0. The first-order valence-corrected chi connectivity index (χ1v) is 10.1. The number of fused-ring (bicyclic) bond motifs is 1. The maximum atomic E-state index is 13.0. The maximum Gasteiger partial charge on any atom is 0.303 e. The fraction of sp³-hybridized carbons (Fsp3) is 0. The van der Waals surface area contributed by atoms with Crippen molar-refractivity contribution in [3.63, 3.8) is 0 Å². The second kappa shape index (κ2) is 7.53. The molecule has 0 aliphatic carbocycles. The second-order valence-electron chi connectivity index (χ2n) is 6.66. The summed E-state index contributed by atoms with van der Waals surface area (Å²) in [6, 6.07) is 14.7. The van der Waals surface area contributed by atoms with Crippen LogP contribution in [0.2, 0.25) is 0 Å². The van der Waals surface area contributed by atoms with Crippen LogP contribution in [0, 0.1) is 11.3 Å². The fourth-order valence-corrected chi connectivity index (χ4v) is 4.30. The molecule has 0 atom stereocenters. The van der Waals surface area contributed by atoms with Crippen LogP contribution in [0.3, 0.4) is 0 Å². The molecule has 4 aromatic heterocycles. The highest BCUT2D eigenvalue weighted by Gasteiger charge is 2.26. The molecule has 5 N–H and O–H groups in total. The number of amides is 1. The Kier molecular flexibility index (Phi) is 4.54. The van der Waals surface area contributed by atoms with Crippen molar-refractivity contribution in [1.82, 2.24) is 10.3 Å². The molecule has 0 spiro atoms. The van der Waals surface area contributed by atoms with Crippen LogP contribution in [-0.4, -0.2) is 16.2 Å². The van der Waals surface area contributed by atoms with Gasteiger partial charge in [0.25, 0.3) is 12.1 Å². The highest BCUT2D eigenvalue weighted by molar-refractivity contribution is 7.21. The molecular formula is C21H14N7O3S+. The molecular weight excluding hydrogens is 430 g/mol. The summed E-state index contributed by atoms with van der Waals surface area (Å²) in [6.07, 6.45) is 3.01. The zero-order valence-corrected chi connectivity index (χ0v) is 17.1. The van der Waals surface area contributed by atoms with Gasteiger partial charge in [0.15, 0.2) is 0 Å². The van der Waals surface area contributed by atoms with Gasteiger partial charge in [-0.2, -0.15) is 5.26 Å². The predicted molar refractivity (Wildman–Crippen MR) is 117 cm³/mol. The van der Waals surface area contributed by atoms with E-state index in [0.717, 1.165) is 17.0 Å². The van der Waals surface area contributed by atoms with Crippen molar-refractivity contribution in [3.8, 4) is 23.1 Å². The first kappa shape index (κ1) is 19.3. The molecule has 5 aromatic rings. The molecule has 11 heteroatoms. The number of hydrogen-bond acceptors (Lipinski definition) is 9. The Bertz CT molecular complexity index is 1500. The average molecular weight is 444 g/mol. The van der Waals surface area contributed by atoms with Crippen LogP contribution >= 0.6 is 11.3 Å². The van der Waals surface area contributed by atoms with Gasteiger partial charge in [-0.05, 0) is 16.8 Å². The van der Waals surface area contributed by atoms with Gasteiger partial charge in [-0.25, -0.2) is 4.98 Å². The largest absolute Gasteiger partial charge is 0.464 e. The van der Waals surface area contributed by atoms with Crippen molar-refractivity contribution in [3.05, 3.63) is 65.4 Å². The van der Waals surface area contributed by atoms with Crippen LogP contribution in [0.5, 0.6) is 0 Å². The molecule has 1 amide bonds. The summed E-state index contributed by atoms with van der Waals surface area (Å²) < 4.78 is 12.2. The van der Waals surface area contributed by atoms with Crippen LogP contribution < -0.4 is 21.5 Å². The number of anilines is 3. The Balaban J connectivity index is 1.55. The highest BCUT2D eigenvalue weighted by Crippen LogP contribution is 2.42. The Morgan fingerprint density at radius 2 is 2.00 bits per heavy atom. The average Bonchev–Trinajstić information content (AvgIpc) is 3.54. The predicted octanol–water partition coefficient (Wildman–Crippen LogP) is 3.11. The zero-order chi connectivity index (χ0) is 22.2. The van der Waals surface area contributed by atoms with Gasteiger partial charge >= 0.3 is 5.88 Å². The monoisotopic (exact) mass is 444 g/mol. The smallest absolute Gasteiger partial charge is 0.303 e. The highest BCUT2D eigenvalue weighted by atomic mass is 32.1. The van der Waals surface area contributed by atoms with Crippen molar-refractivity contribution in [2.24, 2.45) is 0 Å². The van der Waals surface area contributed by atoms with Crippen molar-refractivity contribution in [2.75, 3.05) is 16.8 Å². The number of nitrogens with two attached hydrogens (primary N) is 2. The van der Waals surface area contributed by atoms with E-state index in [1.54, 1.807) is 12.1 Å². The summed E-state index contributed by atoms with van der Waals surface area (Å²) in [6.45, 7) is 0. The summed E-state index contributed by atoms with van der Waals surface area (Å²) >= 11 is 1.05. The minimum atomic E-state index is -0.510. The van der Waals surface area contributed by atoms with Crippen LogP contribution in [0.4, 0.5) is 17.4 Å². The number of nitrogens with zero attached hydrogens (tertiary/aromatic N) is 4.